The van der Waals surface area contributed by atoms with E-state index in [0.717, 1.165) is 37.2 Å². The smallest absolute Gasteiger partial charge is 0.230 e. The molecule has 20 heavy (non-hydrogen) atoms. The number of nitrogens with one attached hydrogen (secondary N) is 1. The molecule has 1 heterocycles. The number of amides is 2. The van der Waals surface area contributed by atoms with E-state index >= 15 is 0 Å². The summed E-state index contributed by atoms with van der Waals surface area (Å²) in [6.07, 6.45) is 2.95. The van der Waals surface area contributed by atoms with Gasteiger partial charge in [0.1, 0.15) is 0 Å². The average Bonchev–Trinajstić information content (AvgIpc) is 3.18. The van der Waals surface area contributed by atoms with Crippen molar-refractivity contribution in [3.05, 3.63) is 23.8 Å². The Labute approximate surface area is 119 Å². The van der Waals surface area contributed by atoms with Crippen LogP contribution < -0.4 is 10.2 Å². The minimum atomic E-state index is -0.0487. The number of benzene rings is 1. The van der Waals surface area contributed by atoms with Gasteiger partial charge < -0.3 is 10.2 Å². The highest BCUT2D eigenvalue weighted by Crippen LogP contribution is 2.37. The summed E-state index contributed by atoms with van der Waals surface area (Å²) in [7, 11) is 0. The predicted molar refractivity (Wildman–Crippen MR) is 78.7 cm³/mol. The van der Waals surface area contributed by atoms with Gasteiger partial charge in [0.25, 0.3) is 0 Å². The second-order valence-electron chi connectivity index (χ2n) is 6.00. The molecule has 1 N–H and O–H groups in total. The highest BCUT2D eigenvalue weighted by Gasteiger charge is 2.36. The van der Waals surface area contributed by atoms with Crippen LogP contribution in [0.25, 0.3) is 0 Å². The zero-order valence-corrected chi connectivity index (χ0v) is 12.0. The molecule has 0 radical (unpaired) electrons. The molecule has 1 saturated carbocycles. The molecule has 0 bridgehead atoms. The van der Waals surface area contributed by atoms with Gasteiger partial charge in [-0.3, -0.25) is 9.59 Å². The van der Waals surface area contributed by atoms with E-state index in [-0.39, 0.29) is 23.7 Å². The highest BCUT2D eigenvalue weighted by molar-refractivity contribution is 5.99. The van der Waals surface area contributed by atoms with Crippen molar-refractivity contribution in [3.8, 4) is 0 Å². The Bertz CT molecular complexity index is 562. The van der Waals surface area contributed by atoms with Gasteiger partial charge >= 0.3 is 0 Å². The van der Waals surface area contributed by atoms with Crippen molar-refractivity contribution >= 4 is 23.2 Å². The normalized spacial score (nSPS) is 17.2. The highest BCUT2D eigenvalue weighted by atomic mass is 16.2. The van der Waals surface area contributed by atoms with Gasteiger partial charge in [0, 0.05) is 29.8 Å². The SMILES string of the molecule is CC(C)C(=O)Nc1ccc2c(c1)N(C(=O)C1CC1)CC2. The summed E-state index contributed by atoms with van der Waals surface area (Å²) in [6, 6.07) is 5.87. The summed E-state index contributed by atoms with van der Waals surface area (Å²) < 4.78 is 0. The molecule has 1 aliphatic carbocycles. The van der Waals surface area contributed by atoms with Gasteiger partial charge in [0.15, 0.2) is 0 Å². The second-order valence-corrected chi connectivity index (χ2v) is 6.00. The summed E-state index contributed by atoms with van der Waals surface area (Å²) in [5, 5.41) is 2.90. The van der Waals surface area contributed by atoms with Crippen LogP contribution in [-0.2, 0) is 16.0 Å². The fraction of sp³-hybridized carbons (Fsp3) is 0.500. The van der Waals surface area contributed by atoms with Gasteiger partial charge in [-0.05, 0) is 37.0 Å². The van der Waals surface area contributed by atoms with E-state index in [2.05, 4.69) is 5.32 Å². The molecule has 0 unspecified atom stereocenters. The van der Waals surface area contributed by atoms with Gasteiger partial charge in [-0.25, -0.2) is 0 Å². The predicted octanol–water partition coefficient (Wildman–Crippen LogP) is 2.58. The van der Waals surface area contributed by atoms with Crippen molar-refractivity contribution < 1.29 is 9.59 Å². The van der Waals surface area contributed by atoms with Crippen LogP contribution in [0.4, 0.5) is 11.4 Å². The van der Waals surface area contributed by atoms with Gasteiger partial charge in [-0.2, -0.15) is 0 Å². The van der Waals surface area contributed by atoms with Gasteiger partial charge in [0.05, 0.1) is 0 Å². The zero-order chi connectivity index (χ0) is 14.3. The average molecular weight is 272 g/mol. The van der Waals surface area contributed by atoms with E-state index in [1.165, 1.54) is 5.56 Å². The third kappa shape index (κ3) is 2.42. The molecule has 0 spiro atoms. The minimum absolute atomic E-state index is 0.00279. The Morgan fingerprint density at radius 3 is 2.70 bits per heavy atom. The number of anilines is 2. The third-order valence-electron chi connectivity index (χ3n) is 3.97. The first-order valence-electron chi connectivity index (χ1n) is 7.31. The number of hydrogen-bond acceptors (Lipinski definition) is 2. The van der Waals surface area contributed by atoms with Crippen molar-refractivity contribution in [2.24, 2.45) is 11.8 Å². The maximum Gasteiger partial charge on any atom is 0.230 e. The maximum absolute atomic E-state index is 12.3. The monoisotopic (exact) mass is 272 g/mol. The summed E-state index contributed by atoms with van der Waals surface area (Å²) in [4.78, 5) is 25.9. The Kier molecular flexibility index (Phi) is 3.24. The molecular weight excluding hydrogens is 252 g/mol. The Morgan fingerprint density at radius 2 is 2.05 bits per heavy atom. The fourth-order valence-corrected chi connectivity index (χ4v) is 2.52. The number of hydrogen-bond donors (Lipinski definition) is 1. The number of fused-ring (bicyclic) bond motifs is 1. The van der Waals surface area contributed by atoms with Crippen LogP contribution >= 0.6 is 0 Å². The lowest BCUT2D eigenvalue weighted by atomic mass is 10.1. The van der Waals surface area contributed by atoms with Gasteiger partial charge in [0.2, 0.25) is 11.8 Å². The Hall–Kier alpha value is -1.84. The lowest BCUT2D eigenvalue weighted by Crippen LogP contribution is -2.30. The van der Waals surface area contributed by atoms with E-state index in [9.17, 15) is 9.59 Å². The van der Waals surface area contributed by atoms with Crippen LogP contribution in [0.5, 0.6) is 0 Å². The molecule has 4 nitrogen and oxygen atoms in total. The molecule has 4 heteroatoms. The van der Waals surface area contributed by atoms with Crippen molar-refractivity contribution in [1.29, 1.82) is 0 Å². The maximum atomic E-state index is 12.3. The molecule has 1 aliphatic heterocycles. The standard InChI is InChI=1S/C16H20N2O2/c1-10(2)15(19)17-13-6-5-11-7-8-18(14(11)9-13)16(20)12-3-4-12/h5-6,9-10,12H,3-4,7-8H2,1-2H3,(H,17,19). The zero-order valence-electron chi connectivity index (χ0n) is 12.0. The fourth-order valence-electron chi connectivity index (χ4n) is 2.52. The van der Waals surface area contributed by atoms with Crippen molar-refractivity contribution in [2.75, 3.05) is 16.8 Å². The Balaban J connectivity index is 1.82. The van der Waals surface area contributed by atoms with E-state index in [4.69, 9.17) is 0 Å². The molecule has 0 saturated heterocycles. The number of rotatable bonds is 3. The summed E-state index contributed by atoms with van der Waals surface area (Å²) in [5.41, 5.74) is 2.95. The number of carbonyl (C=O) groups is 2. The number of nitrogens with zero attached hydrogens (tertiary/aromatic N) is 1. The third-order valence-corrected chi connectivity index (χ3v) is 3.97. The lowest BCUT2D eigenvalue weighted by Gasteiger charge is -2.18. The molecule has 1 fully saturated rings. The topological polar surface area (TPSA) is 49.4 Å². The minimum Gasteiger partial charge on any atom is -0.326 e. The first kappa shape index (κ1) is 13.2. The van der Waals surface area contributed by atoms with Crippen LogP contribution in [0.1, 0.15) is 32.3 Å². The molecule has 1 aromatic carbocycles. The van der Waals surface area contributed by atoms with E-state index in [1.54, 1.807) is 0 Å². The molecular formula is C16H20N2O2. The quantitative estimate of drug-likeness (QED) is 0.919. The van der Waals surface area contributed by atoms with Gasteiger partial charge in [-0.1, -0.05) is 19.9 Å². The molecule has 3 rings (SSSR count). The first-order valence-corrected chi connectivity index (χ1v) is 7.31. The van der Waals surface area contributed by atoms with Crippen molar-refractivity contribution in [3.63, 3.8) is 0 Å². The molecule has 2 aliphatic rings. The van der Waals surface area contributed by atoms with Crippen LogP contribution in [0.2, 0.25) is 0 Å². The van der Waals surface area contributed by atoms with E-state index in [1.807, 2.05) is 36.9 Å². The molecule has 1 aromatic rings. The van der Waals surface area contributed by atoms with Crippen molar-refractivity contribution in [1.82, 2.24) is 0 Å². The lowest BCUT2D eigenvalue weighted by molar-refractivity contribution is -0.120. The van der Waals surface area contributed by atoms with Crippen molar-refractivity contribution in [2.45, 2.75) is 33.1 Å². The Morgan fingerprint density at radius 1 is 1.30 bits per heavy atom. The first-order chi connectivity index (χ1) is 9.56. The largest absolute Gasteiger partial charge is 0.326 e. The summed E-state index contributed by atoms with van der Waals surface area (Å²) in [6.45, 7) is 4.50. The van der Waals surface area contributed by atoms with Gasteiger partial charge in [-0.15, -0.1) is 0 Å². The number of carbonyl (C=O) groups excluding carboxylic acids is 2. The van der Waals surface area contributed by atoms with E-state index in [0.29, 0.717) is 0 Å². The summed E-state index contributed by atoms with van der Waals surface area (Å²) >= 11 is 0. The van der Waals surface area contributed by atoms with Crippen LogP contribution in [0.3, 0.4) is 0 Å². The van der Waals surface area contributed by atoms with Crippen LogP contribution in [0, 0.1) is 11.8 Å². The molecule has 106 valence electrons. The second kappa shape index (κ2) is 4.93. The van der Waals surface area contributed by atoms with E-state index < -0.39 is 0 Å². The summed E-state index contributed by atoms with van der Waals surface area (Å²) in [5.74, 6) is 0.432. The van der Waals surface area contributed by atoms with Crippen LogP contribution in [0.15, 0.2) is 18.2 Å². The molecule has 0 aromatic heterocycles. The molecule has 2 amide bonds. The van der Waals surface area contributed by atoms with Crippen LogP contribution in [-0.4, -0.2) is 18.4 Å². The molecule has 0 atom stereocenters.